The predicted octanol–water partition coefficient (Wildman–Crippen LogP) is 6.50. The molecule has 0 aliphatic heterocycles. The summed E-state index contributed by atoms with van der Waals surface area (Å²) in [6, 6.07) is 22.6. The third-order valence-electron chi connectivity index (χ3n) is 4.99. The highest BCUT2D eigenvalue weighted by molar-refractivity contribution is 8.00. The Hall–Kier alpha value is -3.62. The van der Waals surface area contributed by atoms with Crippen LogP contribution in [0.25, 0.3) is 11.3 Å². The van der Waals surface area contributed by atoms with Crippen molar-refractivity contribution in [2.45, 2.75) is 18.7 Å². The van der Waals surface area contributed by atoms with Gasteiger partial charge in [-0.3, -0.25) is 9.59 Å². The van der Waals surface area contributed by atoms with Gasteiger partial charge in [-0.05, 0) is 68.4 Å². The molecule has 0 radical (unpaired) electrons. The van der Waals surface area contributed by atoms with Crippen molar-refractivity contribution < 1.29 is 14.3 Å². The van der Waals surface area contributed by atoms with E-state index in [0.717, 1.165) is 27.5 Å². The maximum atomic E-state index is 12.5. The van der Waals surface area contributed by atoms with E-state index in [9.17, 15) is 9.59 Å². The van der Waals surface area contributed by atoms with Gasteiger partial charge >= 0.3 is 0 Å². The highest BCUT2D eigenvalue weighted by Gasteiger charge is 2.10. The van der Waals surface area contributed by atoms with Gasteiger partial charge in [-0.2, -0.15) is 0 Å². The minimum atomic E-state index is -0.169. The molecular weight excluding hydrogens is 478 g/mol. The molecule has 2 amide bonds. The van der Waals surface area contributed by atoms with Crippen LogP contribution in [0.3, 0.4) is 0 Å². The number of carbonyl (C=O) groups is 2. The van der Waals surface area contributed by atoms with E-state index in [1.54, 1.807) is 12.1 Å². The van der Waals surface area contributed by atoms with E-state index in [1.165, 1.54) is 23.1 Å². The first-order chi connectivity index (χ1) is 17.0. The molecule has 0 bridgehead atoms. The number of aryl methyl sites for hydroxylation is 1. The van der Waals surface area contributed by atoms with Crippen LogP contribution in [-0.2, 0) is 4.79 Å². The summed E-state index contributed by atoms with van der Waals surface area (Å²) in [6.07, 6.45) is 0. The molecule has 35 heavy (non-hydrogen) atoms. The van der Waals surface area contributed by atoms with Crippen LogP contribution in [0.2, 0.25) is 0 Å². The van der Waals surface area contributed by atoms with Crippen molar-refractivity contribution in [1.29, 1.82) is 0 Å². The molecular formula is C27H25N3O3S2. The molecule has 0 saturated heterocycles. The monoisotopic (exact) mass is 503 g/mol. The maximum Gasteiger partial charge on any atom is 0.255 e. The third-order valence-corrected chi connectivity index (χ3v) is 6.74. The lowest BCUT2D eigenvalue weighted by Crippen LogP contribution is -2.14. The van der Waals surface area contributed by atoms with Crippen LogP contribution in [-0.4, -0.2) is 29.2 Å². The molecule has 0 aliphatic rings. The number of rotatable bonds is 9. The van der Waals surface area contributed by atoms with Gasteiger partial charge in [0.15, 0.2) is 5.13 Å². The van der Waals surface area contributed by atoms with Crippen molar-refractivity contribution in [3.63, 3.8) is 0 Å². The van der Waals surface area contributed by atoms with Crippen LogP contribution < -0.4 is 15.4 Å². The first-order valence-electron chi connectivity index (χ1n) is 11.1. The van der Waals surface area contributed by atoms with Crippen molar-refractivity contribution in [2.24, 2.45) is 0 Å². The van der Waals surface area contributed by atoms with Crippen LogP contribution >= 0.6 is 23.1 Å². The topological polar surface area (TPSA) is 80.3 Å². The number of carbonyl (C=O) groups excluding carboxylic acids is 2. The Bertz CT molecular complexity index is 1300. The summed E-state index contributed by atoms with van der Waals surface area (Å²) in [5.41, 5.74) is 4.15. The second-order valence-electron chi connectivity index (χ2n) is 7.68. The Morgan fingerprint density at radius 3 is 2.51 bits per heavy atom. The zero-order chi connectivity index (χ0) is 24.6. The minimum absolute atomic E-state index is 0.142. The molecule has 0 aliphatic carbocycles. The van der Waals surface area contributed by atoms with Crippen LogP contribution in [0.15, 0.2) is 83.1 Å². The van der Waals surface area contributed by atoms with Gasteiger partial charge in [0, 0.05) is 27.1 Å². The van der Waals surface area contributed by atoms with Gasteiger partial charge in [0.2, 0.25) is 5.91 Å². The summed E-state index contributed by atoms with van der Waals surface area (Å²) in [5.74, 6) is 0.734. The molecule has 3 aromatic carbocycles. The van der Waals surface area contributed by atoms with E-state index < -0.39 is 0 Å². The Morgan fingerprint density at radius 1 is 1.00 bits per heavy atom. The quantitative estimate of drug-likeness (QED) is 0.255. The second kappa shape index (κ2) is 11.7. The third kappa shape index (κ3) is 6.94. The Balaban J connectivity index is 1.29. The van der Waals surface area contributed by atoms with Crippen LogP contribution in [0.5, 0.6) is 5.75 Å². The largest absolute Gasteiger partial charge is 0.494 e. The lowest BCUT2D eigenvalue weighted by Gasteiger charge is -2.08. The number of aromatic nitrogens is 1. The lowest BCUT2D eigenvalue weighted by molar-refractivity contribution is -0.113. The van der Waals surface area contributed by atoms with Gasteiger partial charge in [0.25, 0.3) is 5.91 Å². The van der Waals surface area contributed by atoms with E-state index in [0.29, 0.717) is 23.0 Å². The number of thiazole rings is 1. The molecule has 1 aromatic heterocycles. The summed E-state index contributed by atoms with van der Waals surface area (Å²) in [7, 11) is 0. The zero-order valence-electron chi connectivity index (χ0n) is 19.4. The highest BCUT2D eigenvalue weighted by Crippen LogP contribution is 2.27. The fourth-order valence-corrected chi connectivity index (χ4v) is 4.72. The Morgan fingerprint density at radius 2 is 1.77 bits per heavy atom. The molecule has 0 saturated carbocycles. The van der Waals surface area contributed by atoms with Gasteiger partial charge in [-0.25, -0.2) is 4.98 Å². The normalized spacial score (nSPS) is 10.6. The number of nitrogens with zero attached hydrogens (tertiary/aromatic N) is 1. The summed E-state index contributed by atoms with van der Waals surface area (Å²) < 4.78 is 5.47. The fourth-order valence-electron chi connectivity index (χ4n) is 3.23. The summed E-state index contributed by atoms with van der Waals surface area (Å²) in [4.78, 5) is 30.3. The molecule has 0 atom stereocenters. The van der Waals surface area contributed by atoms with Crippen molar-refractivity contribution in [1.82, 2.24) is 4.98 Å². The molecule has 6 nitrogen and oxygen atoms in total. The first kappa shape index (κ1) is 24.5. The van der Waals surface area contributed by atoms with Crippen molar-refractivity contribution >= 4 is 45.7 Å². The number of anilines is 2. The number of hydrogen-bond donors (Lipinski definition) is 2. The lowest BCUT2D eigenvalue weighted by atomic mass is 10.1. The molecule has 4 aromatic rings. The fraction of sp³-hybridized carbons (Fsp3) is 0.148. The molecule has 8 heteroatoms. The van der Waals surface area contributed by atoms with Gasteiger partial charge in [0.05, 0.1) is 18.1 Å². The smallest absolute Gasteiger partial charge is 0.255 e. The maximum absolute atomic E-state index is 12.5. The summed E-state index contributed by atoms with van der Waals surface area (Å²) in [6.45, 7) is 4.55. The Labute approximate surface area is 212 Å². The second-order valence-corrected chi connectivity index (χ2v) is 9.59. The molecule has 1 heterocycles. The number of nitrogens with one attached hydrogen (secondary N) is 2. The average Bonchev–Trinajstić information content (AvgIpc) is 3.32. The molecule has 0 spiro atoms. The number of benzene rings is 3. The molecule has 4 rings (SSSR count). The number of ether oxygens (including phenoxy) is 1. The number of hydrogen-bond acceptors (Lipinski definition) is 6. The minimum Gasteiger partial charge on any atom is -0.494 e. The standard InChI is InChI=1S/C27H25N3O3S2/c1-3-33-22-13-11-19(12-14-22)24-16-35-27(29-24)30-25(31)17-34-23-6-4-5-21(15-23)28-26(32)20-9-7-18(2)8-10-20/h4-16H,3,17H2,1-2H3,(H,28,32)(H,29,30,31). The summed E-state index contributed by atoms with van der Waals surface area (Å²) >= 11 is 2.78. The average molecular weight is 504 g/mol. The molecule has 178 valence electrons. The number of thioether (sulfide) groups is 1. The van der Waals surface area contributed by atoms with E-state index >= 15 is 0 Å². The van der Waals surface area contributed by atoms with Gasteiger partial charge in [-0.15, -0.1) is 23.1 Å². The molecule has 0 unspecified atom stereocenters. The van der Waals surface area contributed by atoms with Gasteiger partial charge < -0.3 is 15.4 Å². The van der Waals surface area contributed by atoms with Gasteiger partial charge in [-0.1, -0.05) is 23.8 Å². The highest BCUT2D eigenvalue weighted by atomic mass is 32.2. The van der Waals surface area contributed by atoms with E-state index in [1.807, 2.05) is 79.9 Å². The van der Waals surface area contributed by atoms with Crippen molar-refractivity contribution in [3.05, 3.63) is 89.3 Å². The van der Waals surface area contributed by atoms with Gasteiger partial charge in [0.1, 0.15) is 5.75 Å². The SMILES string of the molecule is CCOc1ccc(-c2csc(NC(=O)CSc3cccc(NC(=O)c4ccc(C)cc4)c3)n2)cc1. The first-order valence-corrected chi connectivity index (χ1v) is 13.0. The van der Waals surface area contributed by atoms with E-state index in [4.69, 9.17) is 4.74 Å². The predicted molar refractivity (Wildman–Crippen MR) is 144 cm³/mol. The van der Waals surface area contributed by atoms with E-state index in [2.05, 4.69) is 15.6 Å². The van der Waals surface area contributed by atoms with Crippen LogP contribution in [0, 0.1) is 6.92 Å². The van der Waals surface area contributed by atoms with E-state index in [-0.39, 0.29) is 17.6 Å². The van der Waals surface area contributed by atoms with Crippen LogP contribution in [0.4, 0.5) is 10.8 Å². The van der Waals surface area contributed by atoms with Crippen molar-refractivity contribution in [2.75, 3.05) is 23.0 Å². The number of amides is 2. The van der Waals surface area contributed by atoms with Crippen LogP contribution in [0.1, 0.15) is 22.8 Å². The summed E-state index contributed by atoms with van der Waals surface area (Å²) in [5, 5.41) is 8.23. The zero-order valence-corrected chi connectivity index (χ0v) is 21.0. The molecule has 0 fully saturated rings. The van der Waals surface area contributed by atoms with Crippen molar-refractivity contribution in [3.8, 4) is 17.0 Å². The molecule has 2 N–H and O–H groups in total. The Kier molecular flexibility index (Phi) is 8.18.